The van der Waals surface area contributed by atoms with Crippen molar-refractivity contribution in [1.82, 2.24) is 0 Å². The summed E-state index contributed by atoms with van der Waals surface area (Å²) in [6.45, 7) is 0.154. The number of benzene rings is 1. The van der Waals surface area contributed by atoms with E-state index in [9.17, 15) is 18.0 Å². The van der Waals surface area contributed by atoms with Crippen molar-refractivity contribution in [3.63, 3.8) is 0 Å². The molecule has 1 fully saturated rings. The van der Waals surface area contributed by atoms with Crippen LogP contribution in [0, 0.1) is 0 Å². The molecule has 0 spiro atoms. The molecular formula is C16H18N2O6S. The van der Waals surface area contributed by atoms with Crippen LogP contribution in [0.5, 0.6) is 0 Å². The summed E-state index contributed by atoms with van der Waals surface area (Å²) >= 11 is 0. The number of rotatable bonds is 3. The first kappa shape index (κ1) is 17.4. The van der Waals surface area contributed by atoms with Crippen LogP contribution in [0.25, 0.3) is 0 Å². The van der Waals surface area contributed by atoms with Crippen molar-refractivity contribution < 1.29 is 27.5 Å². The highest BCUT2D eigenvalue weighted by atomic mass is 32.2. The van der Waals surface area contributed by atoms with Gasteiger partial charge in [0, 0.05) is 13.0 Å². The number of carbonyl (C=O) groups is 2. The molecule has 2 aliphatic rings. The minimum absolute atomic E-state index is 0.0225. The van der Waals surface area contributed by atoms with Gasteiger partial charge >= 0.3 is 11.9 Å². The molecule has 2 heterocycles. The van der Waals surface area contributed by atoms with E-state index in [0.29, 0.717) is 24.5 Å². The molecule has 25 heavy (non-hydrogen) atoms. The van der Waals surface area contributed by atoms with E-state index >= 15 is 0 Å². The molecule has 9 heteroatoms. The monoisotopic (exact) mass is 366 g/mol. The number of anilines is 1. The largest absolute Gasteiger partial charge is 0.466 e. The predicted molar refractivity (Wildman–Crippen MR) is 89.2 cm³/mol. The molecule has 0 N–H and O–H groups in total. The lowest BCUT2D eigenvalue weighted by atomic mass is 10.2. The van der Waals surface area contributed by atoms with Gasteiger partial charge in [0.1, 0.15) is 10.7 Å². The molecule has 8 nitrogen and oxygen atoms in total. The van der Waals surface area contributed by atoms with Gasteiger partial charge in [-0.1, -0.05) is 6.42 Å². The fourth-order valence-electron chi connectivity index (χ4n) is 2.87. The van der Waals surface area contributed by atoms with Gasteiger partial charge in [-0.3, -0.25) is 0 Å². The molecular weight excluding hydrogens is 348 g/mol. The Labute approximate surface area is 145 Å². The number of sulfonamides is 1. The summed E-state index contributed by atoms with van der Waals surface area (Å²) in [4.78, 5) is 25.0. The molecule has 0 amide bonds. The number of nitrogens with zero attached hydrogens (tertiary/aromatic N) is 2. The molecule has 2 aliphatic heterocycles. The normalized spacial score (nSPS) is 18.3. The fraction of sp³-hybridized carbons (Fsp3) is 0.438. The number of hydrogen-bond donors (Lipinski definition) is 0. The van der Waals surface area contributed by atoms with Gasteiger partial charge in [-0.2, -0.15) is 8.42 Å². The van der Waals surface area contributed by atoms with Gasteiger partial charge in [-0.05, 0) is 31.0 Å². The number of methoxy groups -OCH3 is 1. The van der Waals surface area contributed by atoms with Crippen LogP contribution in [-0.2, 0) is 24.3 Å². The maximum atomic E-state index is 12.5. The van der Waals surface area contributed by atoms with Crippen molar-refractivity contribution in [1.29, 1.82) is 0 Å². The Morgan fingerprint density at radius 2 is 2.04 bits per heavy atom. The van der Waals surface area contributed by atoms with Gasteiger partial charge in [0.05, 0.1) is 18.4 Å². The summed E-state index contributed by atoms with van der Waals surface area (Å²) in [6.07, 6.45) is 3.48. The molecule has 0 bridgehead atoms. The second kappa shape index (κ2) is 6.83. The highest BCUT2D eigenvalue weighted by Crippen LogP contribution is 2.35. The molecule has 0 aliphatic carbocycles. The van der Waals surface area contributed by atoms with Crippen LogP contribution in [0.15, 0.2) is 27.5 Å². The predicted octanol–water partition coefficient (Wildman–Crippen LogP) is 1.50. The van der Waals surface area contributed by atoms with Crippen molar-refractivity contribution in [2.45, 2.75) is 30.6 Å². The third-order valence-corrected chi connectivity index (χ3v) is 5.47. The van der Waals surface area contributed by atoms with E-state index < -0.39 is 28.6 Å². The SMILES string of the molecule is COC(=O)COC(=O)c1ccc2c(c1)S(=O)(=O)N=C1CCCCCN12. The van der Waals surface area contributed by atoms with Crippen molar-refractivity contribution in [3.8, 4) is 0 Å². The van der Waals surface area contributed by atoms with E-state index in [4.69, 9.17) is 4.74 Å². The molecule has 0 aromatic heterocycles. The zero-order valence-corrected chi connectivity index (χ0v) is 14.5. The molecule has 0 saturated carbocycles. The lowest BCUT2D eigenvalue weighted by molar-refractivity contribution is -0.144. The number of hydrogen-bond acceptors (Lipinski definition) is 7. The molecule has 134 valence electrons. The zero-order valence-electron chi connectivity index (χ0n) is 13.7. The first-order valence-corrected chi connectivity index (χ1v) is 9.36. The smallest absolute Gasteiger partial charge is 0.344 e. The third kappa shape index (κ3) is 3.51. The highest BCUT2D eigenvalue weighted by Gasteiger charge is 2.32. The number of esters is 2. The van der Waals surface area contributed by atoms with Crippen LogP contribution in [0.2, 0.25) is 0 Å². The number of ether oxygens (including phenoxy) is 2. The van der Waals surface area contributed by atoms with Crippen LogP contribution in [0.4, 0.5) is 5.69 Å². The second-order valence-electron chi connectivity index (χ2n) is 5.78. The van der Waals surface area contributed by atoms with Crippen LogP contribution in [0.1, 0.15) is 36.0 Å². The molecule has 1 aromatic rings. The second-order valence-corrected chi connectivity index (χ2v) is 7.35. The summed E-state index contributed by atoms with van der Waals surface area (Å²) in [5.41, 5.74) is 0.566. The average Bonchev–Trinajstić information content (AvgIpc) is 2.83. The first-order chi connectivity index (χ1) is 11.9. The summed E-state index contributed by atoms with van der Waals surface area (Å²) in [5.74, 6) is -0.946. The van der Waals surface area contributed by atoms with E-state index in [1.165, 1.54) is 19.2 Å². The van der Waals surface area contributed by atoms with E-state index in [1.807, 2.05) is 4.90 Å². The van der Waals surface area contributed by atoms with Crippen molar-refractivity contribution in [2.24, 2.45) is 4.40 Å². The van der Waals surface area contributed by atoms with Crippen molar-refractivity contribution >= 4 is 33.5 Å². The summed E-state index contributed by atoms with van der Waals surface area (Å²) in [7, 11) is -2.69. The number of amidine groups is 1. The zero-order chi connectivity index (χ0) is 18.0. The molecule has 3 rings (SSSR count). The Hall–Kier alpha value is -2.42. The Morgan fingerprint density at radius 1 is 1.24 bits per heavy atom. The van der Waals surface area contributed by atoms with Gasteiger partial charge < -0.3 is 14.4 Å². The van der Waals surface area contributed by atoms with E-state index in [0.717, 1.165) is 19.3 Å². The van der Waals surface area contributed by atoms with Gasteiger partial charge in [-0.25, -0.2) is 9.59 Å². The minimum atomic E-state index is -3.87. The van der Waals surface area contributed by atoms with Gasteiger partial charge in [-0.15, -0.1) is 4.40 Å². The van der Waals surface area contributed by atoms with Crippen molar-refractivity contribution in [3.05, 3.63) is 23.8 Å². The number of fused-ring (bicyclic) bond motifs is 3. The van der Waals surface area contributed by atoms with Crippen molar-refractivity contribution in [2.75, 3.05) is 25.2 Å². The van der Waals surface area contributed by atoms with Gasteiger partial charge in [0.15, 0.2) is 6.61 Å². The maximum Gasteiger partial charge on any atom is 0.344 e. The summed E-state index contributed by atoms with van der Waals surface area (Å²) in [5, 5.41) is 0. The van der Waals surface area contributed by atoms with Crippen LogP contribution < -0.4 is 4.90 Å². The summed E-state index contributed by atoms with van der Waals surface area (Å²) in [6, 6.07) is 4.32. The molecule has 1 saturated heterocycles. The Balaban J connectivity index is 1.93. The molecule has 0 unspecified atom stereocenters. The van der Waals surface area contributed by atoms with Crippen LogP contribution in [0.3, 0.4) is 0 Å². The number of carbonyl (C=O) groups excluding carboxylic acids is 2. The van der Waals surface area contributed by atoms with Crippen LogP contribution in [-0.4, -0.2) is 46.5 Å². The first-order valence-electron chi connectivity index (χ1n) is 7.92. The lowest BCUT2D eigenvalue weighted by Gasteiger charge is -2.29. The fourth-order valence-corrected chi connectivity index (χ4v) is 4.16. The van der Waals surface area contributed by atoms with Gasteiger partial charge in [0.25, 0.3) is 10.0 Å². The lowest BCUT2D eigenvalue weighted by Crippen LogP contribution is -2.35. The van der Waals surface area contributed by atoms with E-state index in [-0.39, 0.29) is 10.5 Å². The van der Waals surface area contributed by atoms with Crippen LogP contribution >= 0.6 is 0 Å². The molecule has 1 aromatic carbocycles. The highest BCUT2D eigenvalue weighted by molar-refractivity contribution is 7.90. The van der Waals surface area contributed by atoms with E-state index in [2.05, 4.69) is 9.13 Å². The molecule has 0 radical (unpaired) electrons. The summed E-state index contributed by atoms with van der Waals surface area (Å²) < 4.78 is 38.1. The minimum Gasteiger partial charge on any atom is -0.466 e. The molecule has 0 atom stereocenters. The third-order valence-electron chi connectivity index (χ3n) is 4.13. The maximum absolute atomic E-state index is 12.5. The quantitative estimate of drug-likeness (QED) is 0.747. The van der Waals surface area contributed by atoms with Gasteiger partial charge in [0.2, 0.25) is 0 Å². The topological polar surface area (TPSA) is 102 Å². The Kier molecular flexibility index (Phi) is 4.76. The average molecular weight is 366 g/mol. The standard InChI is InChI=1S/C16H18N2O6S/c1-23-15(19)10-24-16(20)11-6-7-12-13(9-11)25(21,22)17-14-5-3-2-4-8-18(12)14/h6-7,9H,2-5,8,10H2,1H3. The van der Waals surface area contributed by atoms with E-state index in [1.54, 1.807) is 6.07 Å². The Morgan fingerprint density at radius 3 is 2.80 bits per heavy atom. The Bertz CT molecular complexity index is 846.